The second kappa shape index (κ2) is 2.62. The van der Waals surface area contributed by atoms with E-state index in [9.17, 15) is 4.79 Å². The topological polar surface area (TPSA) is 37.3 Å². The first-order valence-electron chi connectivity index (χ1n) is 3.61. The standard InChI is InChI=1S/C9H12O2/c1-7-5-9(2,6-10)4-3-8(7)11/h3-5,10H,6H2,1-2H3. The van der Waals surface area contributed by atoms with Gasteiger partial charge in [0.1, 0.15) is 0 Å². The summed E-state index contributed by atoms with van der Waals surface area (Å²) in [5.41, 5.74) is 0.377. The molecular weight excluding hydrogens is 140 g/mol. The van der Waals surface area contributed by atoms with Crippen molar-refractivity contribution in [3.63, 3.8) is 0 Å². The number of aliphatic hydroxyl groups is 1. The Morgan fingerprint density at radius 1 is 1.64 bits per heavy atom. The van der Waals surface area contributed by atoms with Crippen LogP contribution in [0.1, 0.15) is 13.8 Å². The molecule has 1 atom stereocenters. The van der Waals surface area contributed by atoms with Crippen LogP contribution in [0.2, 0.25) is 0 Å². The lowest BCUT2D eigenvalue weighted by Crippen LogP contribution is -2.20. The minimum atomic E-state index is -0.335. The molecule has 0 spiro atoms. The highest BCUT2D eigenvalue weighted by molar-refractivity contribution is 6.04. The number of carbonyl (C=O) groups excluding carboxylic acids is 1. The number of allylic oxidation sites excluding steroid dienone is 2. The first kappa shape index (κ1) is 8.21. The Labute approximate surface area is 66.2 Å². The third-order valence-electron chi connectivity index (χ3n) is 1.89. The molecule has 1 aliphatic rings. The number of aliphatic hydroxyl groups excluding tert-OH is 1. The van der Waals surface area contributed by atoms with E-state index in [2.05, 4.69) is 0 Å². The van der Waals surface area contributed by atoms with Gasteiger partial charge in [0.05, 0.1) is 6.61 Å². The average molecular weight is 152 g/mol. The van der Waals surface area contributed by atoms with Gasteiger partial charge in [0, 0.05) is 5.41 Å². The van der Waals surface area contributed by atoms with E-state index >= 15 is 0 Å². The summed E-state index contributed by atoms with van der Waals surface area (Å²) < 4.78 is 0. The van der Waals surface area contributed by atoms with Crippen molar-refractivity contribution in [1.82, 2.24) is 0 Å². The van der Waals surface area contributed by atoms with Crippen molar-refractivity contribution in [1.29, 1.82) is 0 Å². The summed E-state index contributed by atoms with van der Waals surface area (Å²) in [4.78, 5) is 11.0. The van der Waals surface area contributed by atoms with Gasteiger partial charge in [-0.15, -0.1) is 0 Å². The maximum Gasteiger partial charge on any atom is 0.180 e. The minimum Gasteiger partial charge on any atom is -0.395 e. The van der Waals surface area contributed by atoms with Crippen LogP contribution in [0, 0.1) is 5.41 Å². The van der Waals surface area contributed by atoms with E-state index in [1.807, 2.05) is 6.92 Å². The highest BCUT2D eigenvalue weighted by Crippen LogP contribution is 2.25. The molecule has 0 aromatic carbocycles. The normalized spacial score (nSPS) is 30.5. The molecule has 0 bridgehead atoms. The fourth-order valence-corrected chi connectivity index (χ4v) is 1.11. The van der Waals surface area contributed by atoms with Crippen molar-refractivity contribution >= 4 is 5.78 Å². The lowest BCUT2D eigenvalue weighted by Gasteiger charge is -2.22. The van der Waals surface area contributed by atoms with Crippen LogP contribution in [0.5, 0.6) is 0 Å². The first-order valence-corrected chi connectivity index (χ1v) is 3.61. The molecule has 2 heteroatoms. The second-order valence-corrected chi connectivity index (χ2v) is 3.19. The number of carbonyl (C=O) groups is 1. The molecule has 0 heterocycles. The third-order valence-corrected chi connectivity index (χ3v) is 1.89. The Morgan fingerprint density at radius 2 is 2.27 bits per heavy atom. The predicted octanol–water partition coefficient (Wildman–Crippen LogP) is 1.07. The molecule has 1 N–H and O–H groups in total. The fourth-order valence-electron chi connectivity index (χ4n) is 1.11. The number of hydrogen-bond acceptors (Lipinski definition) is 2. The van der Waals surface area contributed by atoms with Crippen molar-refractivity contribution < 1.29 is 9.90 Å². The van der Waals surface area contributed by atoms with Crippen LogP contribution < -0.4 is 0 Å². The van der Waals surface area contributed by atoms with Crippen LogP contribution in [0.25, 0.3) is 0 Å². The Morgan fingerprint density at radius 3 is 2.73 bits per heavy atom. The quantitative estimate of drug-likeness (QED) is 0.610. The van der Waals surface area contributed by atoms with E-state index < -0.39 is 0 Å². The van der Waals surface area contributed by atoms with E-state index in [-0.39, 0.29) is 17.8 Å². The van der Waals surface area contributed by atoms with Gasteiger partial charge in [0.25, 0.3) is 0 Å². The van der Waals surface area contributed by atoms with Crippen molar-refractivity contribution in [3.05, 3.63) is 23.8 Å². The highest BCUT2D eigenvalue weighted by Gasteiger charge is 2.21. The SMILES string of the molecule is CC1=CC(C)(CO)C=CC1=O. The molecule has 0 aromatic heterocycles. The van der Waals surface area contributed by atoms with Crippen LogP contribution in [-0.4, -0.2) is 17.5 Å². The molecule has 0 saturated heterocycles. The van der Waals surface area contributed by atoms with E-state index in [1.165, 1.54) is 6.08 Å². The second-order valence-electron chi connectivity index (χ2n) is 3.19. The number of hydrogen-bond donors (Lipinski definition) is 1. The van der Waals surface area contributed by atoms with E-state index in [0.717, 1.165) is 0 Å². The van der Waals surface area contributed by atoms with Crippen LogP contribution in [0.4, 0.5) is 0 Å². The summed E-state index contributed by atoms with van der Waals surface area (Å²) in [5.74, 6) is 0.0379. The fraction of sp³-hybridized carbons (Fsp3) is 0.444. The largest absolute Gasteiger partial charge is 0.395 e. The van der Waals surface area contributed by atoms with Crippen LogP contribution in [0.3, 0.4) is 0 Å². The lowest BCUT2D eigenvalue weighted by molar-refractivity contribution is -0.111. The molecule has 0 fully saturated rings. The summed E-state index contributed by atoms with van der Waals surface area (Å²) in [6.07, 6.45) is 5.06. The van der Waals surface area contributed by atoms with Gasteiger partial charge >= 0.3 is 0 Å². The van der Waals surface area contributed by atoms with Gasteiger partial charge < -0.3 is 5.11 Å². The van der Waals surface area contributed by atoms with Crippen LogP contribution in [0.15, 0.2) is 23.8 Å². The van der Waals surface area contributed by atoms with Gasteiger partial charge in [-0.2, -0.15) is 0 Å². The molecule has 0 amide bonds. The van der Waals surface area contributed by atoms with Gasteiger partial charge in [-0.25, -0.2) is 0 Å². The molecular formula is C9H12O2. The predicted molar refractivity (Wildman–Crippen MR) is 43.1 cm³/mol. The van der Waals surface area contributed by atoms with Crippen molar-refractivity contribution in [3.8, 4) is 0 Å². The molecule has 0 aliphatic heterocycles. The van der Waals surface area contributed by atoms with Gasteiger partial charge in [-0.3, -0.25) is 4.79 Å². The minimum absolute atomic E-state index is 0.0379. The maximum absolute atomic E-state index is 11.0. The molecule has 1 rings (SSSR count). The zero-order valence-corrected chi connectivity index (χ0v) is 6.79. The van der Waals surface area contributed by atoms with Gasteiger partial charge in [0.2, 0.25) is 0 Å². The average Bonchev–Trinajstić information content (AvgIpc) is 1.98. The van der Waals surface area contributed by atoms with Crippen molar-refractivity contribution in [2.75, 3.05) is 6.61 Å². The maximum atomic E-state index is 11.0. The zero-order valence-electron chi connectivity index (χ0n) is 6.79. The lowest BCUT2D eigenvalue weighted by atomic mass is 9.84. The molecule has 60 valence electrons. The number of ketones is 1. The molecule has 1 aliphatic carbocycles. The highest BCUT2D eigenvalue weighted by atomic mass is 16.3. The summed E-state index contributed by atoms with van der Waals surface area (Å²) in [7, 11) is 0. The molecule has 2 nitrogen and oxygen atoms in total. The van der Waals surface area contributed by atoms with Gasteiger partial charge in [-0.1, -0.05) is 19.1 Å². The summed E-state index contributed by atoms with van der Waals surface area (Å²) in [6.45, 7) is 3.70. The molecule has 11 heavy (non-hydrogen) atoms. The third kappa shape index (κ3) is 1.57. The van der Waals surface area contributed by atoms with Crippen molar-refractivity contribution in [2.24, 2.45) is 5.41 Å². The summed E-state index contributed by atoms with van der Waals surface area (Å²) in [6, 6.07) is 0. The van der Waals surface area contributed by atoms with E-state index in [0.29, 0.717) is 5.57 Å². The number of rotatable bonds is 1. The van der Waals surface area contributed by atoms with Gasteiger partial charge in [-0.05, 0) is 18.6 Å². The van der Waals surface area contributed by atoms with Crippen LogP contribution >= 0.6 is 0 Å². The van der Waals surface area contributed by atoms with Gasteiger partial charge in [0.15, 0.2) is 5.78 Å². The molecule has 0 saturated carbocycles. The zero-order chi connectivity index (χ0) is 8.48. The van der Waals surface area contributed by atoms with Crippen molar-refractivity contribution in [2.45, 2.75) is 13.8 Å². The molecule has 1 unspecified atom stereocenters. The Balaban J connectivity index is 2.93. The Kier molecular flexibility index (Phi) is 1.96. The molecule has 0 radical (unpaired) electrons. The monoisotopic (exact) mass is 152 g/mol. The summed E-state index contributed by atoms with van der Waals surface area (Å²) >= 11 is 0. The van der Waals surface area contributed by atoms with Crippen LogP contribution in [-0.2, 0) is 4.79 Å². The molecule has 0 aromatic rings. The van der Waals surface area contributed by atoms with E-state index in [1.54, 1.807) is 19.1 Å². The van der Waals surface area contributed by atoms with E-state index in [4.69, 9.17) is 5.11 Å². The Bertz CT molecular complexity index is 238. The smallest absolute Gasteiger partial charge is 0.180 e. The first-order chi connectivity index (χ1) is 5.07. The Hall–Kier alpha value is -0.890. The summed E-state index contributed by atoms with van der Waals surface area (Å²) in [5, 5.41) is 8.95.